The smallest absolute Gasteiger partial charge is 0.224 e. The Hall–Kier alpha value is -3.18. The highest BCUT2D eigenvalue weighted by molar-refractivity contribution is 5.78. The molecule has 0 bridgehead atoms. The molecule has 0 radical (unpaired) electrons. The molecule has 2 N–H and O–H groups in total. The summed E-state index contributed by atoms with van der Waals surface area (Å²) in [4.78, 5) is 19.4. The Morgan fingerprint density at radius 2 is 1.64 bits per heavy atom. The largest absolute Gasteiger partial charge is 0.508 e. The molecule has 0 spiro atoms. The van der Waals surface area contributed by atoms with Gasteiger partial charge in [-0.05, 0) is 73.2 Å². The molecule has 1 aliphatic rings. The molecule has 0 saturated carbocycles. The van der Waals surface area contributed by atoms with Gasteiger partial charge in [0.05, 0.1) is 12.1 Å². The summed E-state index contributed by atoms with van der Waals surface area (Å²) >= 11 is 0. The number of hydrogen-bond acceptors (Lipinski definition) is 4. The number of phenols is 1. The van der Waals surface area contributed by atoms with Gasteiger partial charge >= 0.3 is 0 Å². The van der Waals surface area contributed by atoms with Gasteiger partial charge in [0, 0.05) is 24.8 Å². The van der Waals surface area contributed by atoms with Crippen molar-refractivity contribution in [2.24, 2.45) is 5.92 Å². The maximum Gasteiger partial charge on any atom is 0.224 e. The van der Waals surface area contributed by atoms with E-state index < -0.39 is 0 Å². The highest BCUT2D eigenvalue weighted by Crippen LogP contribution is 2.21. The highest BCUT2D eigenvalue weighted by atomic mass is 16.3. The molecule has 3 aromatic rings. The van der Waals surface area contributed by atoms with E-state index >= 15 is 0 Å². The summed E-state index contributed by atoms with van der Waals surface area (Å²) in [5, 5.41) is 12.3. The number of aromatic hydroxyl groups is 1. The molecule has 0 unspecified atom stereocenters. The Bertz CT molecular complexity index is 1020. The molecule has 0 aliphatic carbocycles. The first kappa shape index (κ1) is 23.0. The fourth-order valence-corrected chi connectivity index (χ4v) is 4.22. The van der Waals surface area contributed by atoms with E-state index in [9.17, 15) is 9.90 Å². The average Bonchev–Trinajstić information content (AvgIpc) is 2.83. The summed E-state index contributed by atoms with van der Waals surface area (Å²) in [6.07, 6.45) is 5.43. The lowest BCUT2D eigenvalue weighted by atomic mass is 9.98. The van der Waals surface area contributed by atoms with E-state index in [2.05, 4.69) is 46.4 Å². The number of benzene rings is 2. The van der Waals surface area contributed by atoms with E-state index in [1.165, 1.54) is 31.5 Å². The van der Waals surface area contributed by atoms with E-state index in [0.29, 0.717) is 13.0 Å². The number of piperidine rings is 1. The predicted molar refractivity (Wildman–Crippen MR) is 132 cm³/mol. The maximum absolute atomic E-state index is 12.2. The summed E-state index contributed by atoms with van der Waals surface area (Å²) in [6.45, 7) is 6.31. The van der Waals surface area contributed by atoms with Gasteiger partial charge < -0.3 is 10.4 Å². The standard InChI is InChI=1S/C28H33N3O2/c1-21-13-16-31(17-14-21)20-23-2-7-25(8-3-23)27-11-6-24(19-30-27)18-28(33)29-15-12-22-4-9-26(32)10-5-22/h2-11,19,21,32H,12-18,20H2,1H3,(H,29,33). The van der Waals surface area contributed by atoms with Crippen LogP contribution in [0.4, 0.5) is 0 Å². The van der Waals surface area contributed by atoms with Gasteiger partial charge in [-0.25, -0.2) is 0 Å². The summed E-state index contributed by atoms with van der Waals surface area (Å²) in [5.74, 6) is 1.09. The molecule has 2 aromatic carbocycles. The number of likely N-dealkylation sites (tertiary alicyclic amines) is 1. The van der Waals surface area contributed by atoms with E-state index in [0.717, 1.165) is 41.3 Å². The fraction of sp³-hybridized carbons (Fsp3) is 0.357. The second-order valence-electron chi connectivity index (χ2n) is 9.15. The lowest BCUT2D eigenvalue weighted by Gasteiger charge is -2.30. The minimum Gasteiger partial charge on any atom is -0.508 e. The number of hydrogen-bond donors (Lipinski definition) is 2. The minimum atomic E-state index is -0.0141. The number of rotatable bonds is 8. The third-order valence-corrected chi connectivity index (χ3v) is 6.39. The molecule has 0 atom stereocenters. The zero-order valence-electron chi connectivity index (χ0n) is 19.3. The second kappa shape index (κ2) is 11.1. The van der Waals surface area contributed by atoms with Gasteiger partial charge in [-0.3, -0.25) is 14.7 Å². The van der Waals surface area contributed by atoms with Crippen LogP contribution < -0.4 is 5.32 Å². The number of pyridine rings is 1. The van der Waals surface area contributed by atoms with Gasteiger partial charge in [0.15, 0.2) is 0 Å². The van der Waals surface area contributed by atoms with Crippen molar-refractivity contribution in [1.82, 2.24) is 15.2 Å². The Morgan fingerprint density at radius 1 is 0.970 bits per heavy atom. The molecule has 1 saturated heterocycles. The lowest BCUT2D eigenvalue weighted by Crippen LogP contribution is -2.32. The first-order valence-corrected chi connectivity index (χ1v) is 11.9. The minimum absolute atomic E-state index is 0.0141. The van der Waals surface area contributed by atoms with Crippen LogP contribution in [0.1, 0.15) is 36.5 Å². The first-order valence-electron chi connectivity index (χ1n) is 11.9. The highest BCUT2D eigenvalue weighted by Gasteiger charge is 2.15. The molecular formula is C28H33N3O2. The van der Waals surface area contributed by atoms with Gasteiger partial charge in [0.1, 0.15) is 5.75 Å². The van der Waals surface area contributed by atoms with Crippen LogP contribution >= 0.6 is 0 Å². The second-order valence-corrected chi connectivity index (χ2v) is 9.15. The average molecular weight is 444 g/mol. The van der Waals surface area contributed by atoms with Gasteiger partial charge in [-0.15, -0.1) is 0 Å². The van der Waals surface area contributed by atoms with Crippen molar-refractivity contribution >= 4 is 5.91 Å². The Kier molecular flexibility index (Phi) is 7.74. The van der Waals surface area contributed by atoms with Crippen LogP contribution in [0.15, 0.2) is 66.9 Å². The van der Waals surface area contributed by atoms with Crippen LogP contribution in [0, 0.1) is 5.92 Å². The topological polar surface area (TPSA) is 65.5 Å². The van der Waals surface area contributed by atoms with Crippen LogP contribution in [0.25, 0.3) is 11.3 Å². The molecule has 172 valence electrons. The van der Waals surface area contributed by atoms with Crippen LogP contribution in [0.3, 0.4) is 0 Å². The molecule has 2 heterocycles. The van der Waals surface area contributed by atoms with Crippen molar-refractivity contribution in [3.8, 4) is 17.0 Å². The normalized spacial score (nSPS) is 14.8. The fourth-order valence-electron chi connectivity index (χ4n) is 4.22. The van der Waals surface area contributed by atoms with Crippen LogP contribution in [0.5, 0.6) is 5.75 Å². The Balaban J connectivity index is 1.24. The molecule has 33 heavy (non-hydrogen) atoms. The van der Waals surface area contributed by atoms with Gasteiger partial charge in [0.2, 0.25) is 5.91 Å². The number of carbonyl (C=O) groups excluding carboxylic acids is 1. The van der Waals surface area contributed by atoms with Crippen molar-refractivity contribution in [3.63, 3.8) is 0 Å². The van der Waals surface area contributed by atoms with Crippen molar-refractivity contribution in [2.75, 3.05) is 19.6 Å². The van der Waals surface area contributed by atoms with Crippen molar-refractivity contribution in [3.05, 3.63) is 83.6 Å². The monoisotopic (exact) mass is 443 g/mol. The Morgan fingerprint density at radius 3 is 2.30 bits per heavy atom. The van der Waals surface area contributed by atoms with Crippen LogP contribution in [-0.2, 0) is 24.2 Å². The summed E-state index contributed by atoms with van der Waals surface area (Å²) in [6, 6.07) is 19.7. The molecule has 1 aliphatic heterocycles. The zero-order valence-corrected chi connectivity index (χ0v) is 19.3. The number of phenolic OH excluding ortho intramolecular Hbond substituents is 1. The number of amides is 1. The van der Waals surface area contributed by atoms with Crippen molar-refractivity contribution in [1.29, 1.82) is 0 Å². The molecule has 4 rings (SSSR count). The summed E-state index contributed by atoms with van der Waals surface area (Å²) in [7, 11) is 0. The predicted octanol–water partition coefficient (Wildman–Crippen LogP) is 4.59. The van der Waals surface area contributed by atoms with E-state index in [4.69, 9.17) is 0 Å². The third kappa shape index (κ3) is 6.90. The number of carbonyl (C=O) groups is 1. The molecule has 1 fully saturated rings. The van der Waals surface area contributed by atoms with Crippen molar-refractivity contribution in [2.45, 2.75) is 39.2 Å². The van der Waals surface area contributed by atoms with Gasteiger partial charge in [0.25, 0.3) is 0 Å². The zero-order chi connectivity index (χ0) is 23.0. The molecule has 5 heteroatoms. The number of nitrogens with one attached hydrogen (secondary N) is 1. The molecule has 1 amide bonds. The Labute approximate surface area is 196 Å². The van der Waals surface area contributed by atoms with Crippen LogP contribution in [-0.4, -0.2) is 40.5 Å². The quantitative estimate of drug-likeness (QED) is 0.535. The van der Waals surface area contributed by atoms with Crippen molar-refractivity contribution < 1.29 is 9.90 Å². The van der Waals surface area contributed by atoms with Crippen LogP contribution in [0.2, 0.25) is 0 Å². The molecule has 5 nitrogen and oxygen atoms in total. The van der Waals surface area contributed by atoms with E-state index in [1.54, 1.807) is 18.3 Å². The van der Waals surface area contributed by atoms with E-state index in [-0.39, 0.29) is 11.7 Å². The SMILES string of the molecule is CC1CCN(Cc2ccc(-c3ccc(CC(=O)NCCc4ccc(O)cc4)cn3)cc2)CC1. The third-order valence-electron chi connectivity index (χ3n) is 6.39. The lowest BCUT2D eigenvalue weighted by molar-refractivity contribution is -0.120. The number of aromatic nitrogens is 1. The molecular weight excluding hydrogens is 410 g/mol. The van der Waals surface area contributed by atoms with Gasteiger partial charge in [-0.1, -0.05) is 49.4 Å². The number of nitrogens with zero attached hydrogens (tertiary/aromatic N) is 2. The van der Waals surface area contributed by atoms with Gasteiger partial charge in [-0.2, -0.15) is 0 Å². The van der Waals surface area contributed by atoms with E-state index in [1.807, 2.05) is 24.3 Å². The summed E-state index contributed by atoms with van der Waals surface area (Å²) in [5.41, 5.74) is 5.34. The first-order chi connectivity index (χ1) is 16.0. The maximum atomic E-state index is 12.2. The summed E-state index contributed by atoms with van der Waals surface area (Å²) < 4.78 is 0. The molecule has 1 aromatic heterocycles.